The molecule has 2 rings (SSSR count). The molecular formula is C11H16O4. The molecule has 2 aliphatic rings. The smallest absolute Gasteiger partial charge is 0.310 e. The quantitative estimate of drug-likeness (QED) is 0.747. The maximum atomic E-state index is 11.3. The molecule has 0 aromatic carbocycles. The van der Waals surface area contributed by atoms with Crippen LogP contribution in [0.25, 0.3) is 0 Å². The van der Waals surface area contributed by atoms with Gasteiger partial charge < -0.3 is 10.2 Å². The highest BCUT2D eigenvalue weighted by molar-refractivity contribution is 5.81. The first kappa shape index (κ1) is 10.5. The third kappa shape index (κ3) is 1.85. The second-order valence-electron chi connectivity index (χ2n) is 5.11. The van der Waals surface area contributed by atoms with E-state index in [2.05, 4.69) is 0 Å². The Morgan fingerprint density at radius 1 is 1.13 bits per heavy atom. The second kappa shape index (κ2) is 3.51. The SMILES string of the molecule is O=C(O)CC1(C(=O)O)CC2CCC(C2)C1. The minimum absolute atomic E-state index is 0.213. The van der Waals surface area contributed by atoms with Crippen molar-refractivity contribution in [2.75, 3.05) is 0 Å². The summed E-state index contributed by atoms with van der Waals surface area (Å²) in [7, 11) is 0. The lowest BCUT2D eigenvalue weighted by atomic mass is 9.67. The Morgan fingerprint density at radius 3 is 2.07 bits per heavy atom. The molecule has 2 N–H and O–H groups in total. The molecule has 0 heterocycles. The summed E-state index contributed by atoms with van der Waals surface area (Å²) in [4.78, 5) is 22.0. The number of hydrogen-bond acceptors (Lipinski definition) is 2. The third-order valence-electron chi connectivity index (χ3n) is 3.95. The zero-order valence-electron chi connectivity index (χ0n) is 8.61. The predicted octanol–water partition coefficient (Wildman–Crippen LogP) is 1.74. The van der Waals surface area contributed by atoms with Gasteiger partial charge in [0.2, 0.25) is 0 Å². The van der Waals surface area contributed by atoms with E-state index in [1.54, 1.807) is 0 Å². The van der Waals surface area contributed by atoms with Crippen molar-refractivity contribution in [2.45, 2.75) is 38.5 Å². The summed E-state index contributed by atoms with van der Waals surface area (Å²) in [5, 5.41) is 18.0. The highest BCUT2D eigenvalue weighted by atomic mass is 16.4. The van der Waals surface area contributed by atoms with Crippen molar-refractivity contribution in [1.82, 2.24) is 0 Å². The lowest BCUT2D eigenvalue weighted by molar-refractivity contribution is -0.159. The Kier molecular flexibility index (Phi) is 2.44. The maximum Gasteiger partial charge on any atom is 0.310 e. The van der Waals surface area contributed by atoms with Crippen molar-refractivity contribution in [3.8, 4) is 0 Å². The van der Waals surface area contributed by atoms with Crippen LogP contribution < -0.4 is 0 Å². The number of rotatable bonds is 3. The Hall–Kier alpha value is -1.06. The van der Waals surface area contributed by atoms with Crippen molar-refractivity contribution in [3.63, 3.8) is 0 Å². The largest absolute Gasteiger partial charge is 0.481 e. The zero-order chi connectivity index (χ0) is 11.1. The molecule has 0 aliphatic heterocycles. The number of carboxylic acid groups (broad SMARTS) is 2. The van der Waals surface area contributed by atoms with Gasteiger partial charge in [0.05, 0.1) is 11.8 Å². The van der Waals surface area contributed by atoms with Crippen molar-refractivity contribution >= 4 is 11.9 Å². The van der Waals surface area contributed by atoms with E-state index in [1.807, 2.05) is 0 Å². The molecule has 2 bridgehead atoms. The number of carbonyl (C=O) groups is 2. The number of hydrogen-bond donors (Lipinski definition) is 2. The van der Waals surface area contributed by atoms with Crippen molar-refractivity contribution in [2.24, 2.45) is 17.3 Å². The van der Waals surface area contributed by atoms with E-state index in [0.29, 0.717) is 24.7 Å². The van der Waals surface area contributed by atoms with Gasteiger partial charge >= 0.3 is 11.9 Å². The normalized spacial score (nSPS) is 38.9. The summed E-state index contributed by atoms with van der Waals surface area (Å²) in [6.45, 7) is 0. The minimum atomic E-state index is -0.987. The van der Waals surface area contributed by atoms with Crippen LogP contribution in [0.1, 0.15) is 38.5 Å². The summed E-state index contributed by atoms with van der Waals surface area (Å²) < 4.78 is 0. The molecule has 0 aromatic heterocycles. The van der Waals surface area contributed by atoms with Gasteiger partial charge in [0, 0.05) is 0 Å². The van der Waals surface area contributed by atoms with E-state index < -0.39 is 17.4 Å². The first-order valence-corrected chi connectivity index (χ1v) is 5.47. The molecule has 2 atom stereocenters. The van der Waals surface area contributed by atoms with Gasteiger partial charge in [-0.2, -0.15) is 0 Å². The minimum Gasteiger partial charge on any atom is -0.481 e. The van der Waals surface area contributed by atoms with Gasteiger partial charge in [0.15, 0.2) is 0 Å². The molecule has 2 fully saturated rings. The van der Waals surface area contributed by atoms with Gasteiger partial charge in [-0.15, -0.1) is 0 Å². The zero-order valence-corrected chi connectivity index (χ0v) is 8.61. The summed E-state index contributed by atoms with van der Waals surface area (Å²) in [5.74, 6) is -1.02. The average Bonchev–Trinajstić information content (AvgIpc) is 2.44. The van der Waals surface area contributed by atoms with Gasteiger partial charge in [-0.25, -0.2) is 0 Å². The number of carboxylic acids is 2. The summed E-state index contributed by atoms with van der Waals surface area (Å²) in [5.41, 5.74) is -0.976. The van der Waals surface area contributed by atoms with Gasteiger partial charge in [-0.1, -0.05) is 12.8 Å². The van der Waals surface area contributed by atoms with E-state index in [4.69, 9.17) is 5.11 Å². The highest BCUT2D eigenvalue weighted by Crippen LogP contribution is 2.52. The molecule has 2 unspecified atom stereocenters. The van der Waals surface area contributed by atoms with Crippen LogP contribution in [0.15, 0.2) is 0 Å². The van der Waals surface area contributed by atoms with Crippen molar-refractivity contribution in [1.29, 1.82) is 0 Å². The number of aliphatic carboxylic acids is 2. The number of fused-ring (bicyclic) bond motifs is 2. The Labute approximate surface area is 88.3 Å². The van der Waals surface area contributed by atoms with E-state index >= 15 is 0 Å². The summed E-state index contributed by atoms with van der Waals surface area (Å²) in [6.07, 6.45) is 4.18. The van der Waals surface area contributed by atoms with Crippen LogP contribution in [0.3, 0.4) is 0 Å². The molecule has 0 spiro atoms. The summed E-state index contributed by atoms with van der Waals surface area (Å²) >= 11 is 0. The molecule has 4 nitrogen and oxygen atoms in total. The first-order chi connectivity index (χ1) is 7.02. The Bertz CT molecular complexity index is 285. The maximum absolute atomic E-state index is 11.3. The van der Waals surface area contributed by atoms with Crippen molar-refractivity contribution < 1.29 is 19.8 Å². The molecule has 2 saturated carbocycles. The monoisotopic (exact) mass is 212 g/mol. The van der Waals surface area contributed by atoms with Gasteiger partial charge in [-0.3, -0.25) is 9.59 Å². The molecular weight excluding hydrogens is 196 g/mol. The van der Waals surface area contributed by atoms with Gasteiger partial charge in [-0.05, 0) is 31.1 Å². The third-order valence-corrected chi connectivity index (χ3v) is 3.95. The van der Waals surface area contributed by atoms with Crippen LogP contribution in [-0.2, 0) is 9.59 Å². The van der Waals surface area contributed by atoms with Crippen LogP contribution >= 0.6 is 0 Å². The first-order valence-electron chi connectivity index (χ1n) is 5.47. The van der Waals surface area contributed by atoms with E-state index in [0.717, 1.165) is 19.3 Å². The van der Waals surface area contributed by atoms with Crippen LogP contribution in [0.5, 0.6) is 0 Å². The molecule has 0 amide bonds. The van der Waals surface area contributed by atoms with Crippen molar-refractivity contribution in [3.05, 3.63) is 0 Å². The lowest BCUT2D eigenvalue weighted by Gasteiger charge is -2.35. The predicted molar refractivity (Wildman–Crippen MR) is 52.4 cm³/mol. The van der Waals surface area contributed by atoms with Crippen LogP contribution in [-0.4, -0.2) is 22.2 Å². The fourth-order valence-corrected chi connectivity index (χ4v) is 3.42. The van der Waals surface area contributed by atoms with Crippen LogP contribution in [0.2, 0.25) is 0 Å². The van der Waals surface area contributed by atoms with Gasteiger partial charge in [0.1, 0.15) is 0 Å². The fourth-order valence-electron chi connectivity index (χ4n) is 3.42. The topological polar surface area (TPSA) is 74.6 Å². The molecule has 84 valence electrons. The Morgan fingerprint density at radius 2 is 1.67 bits per heavy atom. The van der Waals surface area contributed by atoms with Crippen LogP contribution in [0.4, 0.5) is 0 Å². The van der Waals surface area contributed by atoms with E-state index in [9.17, 15) is 14.7 Å². The molecule has 15 heavy (non-hydrogen) atoms. The fraction of sp³-hybridized carbons (Fsp3) is 0.818. The van der Waals surface area contributed by atoms with Gasteiger partial charge in [0.25, 0.3) is 0 Å². The Balaban J connectivity index is 2.19. The average molecular weight is 212 g/mol. The summed E-state index contributed by atoms with van der Waals surface area (Å²) in [6, 6.07) is 0. The molecule has 0 radical (unpaired) electrons. The molecule has 0 aromatic rings. The lowest BCUT2D eigenvalue weighted by Crippen LogP contribution is -2.39. The molecule has 0 saturated heterocycles. The molecule has 4 heteroatoms. The standard InChI is InChI=1S/C11H16O4/c12-9(13)6-11(10(14)15)4-7-1-2-8(3-7)5-11/h7-8H,1-6H2,(H,12,13)(H,14,15). The van der Waals surface area contributed by atoms with E-state index in [1.165, 1.54) is 0 Å². The highest BCUT2D eigenvalue weighted by Gasteiger charge is 2.49. The van der Waals surface area contributed by atoms with Crippen LogP contribution in [0, 0.1) is 17.3 Å². The second-order valence-corrected chi connectivity index (χ2v) is 5.11. The molecule has 2 aliphatic carbocycles. The van der Waals surface area contributed by atoms with E-state index in [-0.39, 0.29) is 6.42 Å².